The number of hydrogen-bond donors (Lipinski definition) is 2. The van der Waals surface area contributed by atoms with Crippen molar-refractivity contribution in [2.45, 2.75) is 77.7 Å². The second-order valence-electron chi connectivity index (χ2n) is 7.53. The molecule has 2 atom stereocenters. The number of rotatable bonds is 6. The lowest BCUT2D eigenvalue weighted by molar-refractivity contribution is -0.120. The molecule has 0 radical (unpaired) electrons. The van der Waals surface area contributed by atoms with Gasteiger partial charge in [-0.1, -0.05) is 58.8 Å². The number of carbonyl (C=O) groups excluding carboxylic acids is 1. The lowest BCUT2D eigenvalue weighted by Gasteiger charge is -2.39. The number of nitrogens with one attached hydrogen (secondary N) is 2. The van der Waals surface area contributed by atoms with Crippen LogP contribution in [0.5, 0.6) is 0 Å². The molecule has 3 nitrogen and oxygen atoms in total. The predicted octanol–water partition coefficient (Wildman–Crippen LogP) is 3.49. The maximum absolute atomic E-state index is 11.9. The Hall–Kier alpha value is -0.570. The Bertz CT molecular complexity index is 310. The van der Waals surface area contributed by atoms with Gasteiger partial charge in [0, 0.05) is 12.6 Å². The Morgan fingerprint density at radius 1 is 1.00 bits per heavy atom. The highest BCUT2D eigenvalue weighted by molar-refractivity contribution is 5.78. The van der Waals surface area contributed by atoms with Crippen molar-refractivity contribution in [3.05, 3.63) is 0 Å². The minimum Gasteiger partial charge on any atom is -0.355 e. The van der Waals surface area contributed by atoms with Crippen LogP contribution in [-0.4, -0.2) is 25.0 Å². The smallest absolute Gasteiger partial charge is 0.233 e. The first-order valence-corrected chi connectivity index (χ1v) is 9.17. The molecular formula is C18H34N2O. The van der Waals surface area contributed by atoms with Gasteiger partial charge in [0.05, 0.1) is 6.54 Å². The number of carbonyl (C=O) groups is 1. The van der Waals surface area contributed by atoms with Crippen molar-refractivity contribution < 1.29 is 4.79 Å². The average Bonchev–Trinajstić information content (AvgIpc) is 2.52. The Kier molecular flexibility index (Phi) is 7.01. The summed E-state index contributed by atoms with van der Waals surface area (Å²) in [7, 11) is 0. The summed E-state index contributed by atoms with van der Waals surface area (Å²) in [6.45, 7) is 5.56. The summed E-state index contributed by atoms with van der Waals surface area (Å²) in [5.41, 5.74) is 0. The molecule has 0 spiro atoms. The molecule has 0 bridgehead atoms. The molecule has 2 saturated carbocycles. The van der Waals surface area contributed by atoms with Gasteiger partial charge in [0.25, 0.3) is 0 Å². The molecular weight excluding hydrogens is 260 g/mol. The van der Waals surface area contributed by atoms with E-state index in [-0.39, 0.29) is 5.91 Å². The highest BCUT2D eigenvalue weighted by Gasteiger charge is 2.32. The molecule has 2 aliphatic rings. The topological polar surface area (TPSA) is 41.1 Å². The van der Waals surface area contributed by atoms with Crippen LogP contribution < -0.4 is 10.6 Å². The Labute approximate surface area is 130 Å². The van der Waals surface area contributed by atoms with E-state index in [9.17, 15) is 4.79 Å². The van der Waals surface area contributed by atoms with Crippen molar-refractivity contribution >= 4 is 5.91 Å². The van der Waals surface area contributed by atoms with E-state index in [4.69, 9.17) is 0 Å². The fourth-order valence-corrected chi connectivity index (χ4v) is 4.14. The molecule has 2 unspecified atom stereocenters. The molecule has 0 aliphatic heterocycles. The van der Waals surface area contributed by atoms with Crippen molar-refractivity contribution in [1.29, 1.82) is 0 Å². The van der Waals surface area contributed by atoms with Gasteiger partial charge in [0.2, 0.25) is 5.91 Å². The van der Waals surface area contributed by atoms with Crippen LogP contribution in [0.4, 0.5) is 0 Å². The molecule has 1 amide bonds. The van der Waals surface area contributed by atoms with E-state index in [0.717, 1.165) is 18.4 Å². The Morgan fingerprint density at radius 3 is 2.38 bits per heavy atom. The fourth-order valence-electron chi connectivity index (χ4n) is 4.14. The van der Waals surface area contributed by atoms with E-state index in [2.05, 4.69) is 24.5 Å². The standard InChI is InChI=1S/C18H34N2O/c1-14(2)12-20-18(21)13-19-17-11-7-6-10-16(17)15-8-4-3-5-9-15/h14-17,19H,3-13H2,1-2H3,(H,20,21). The van der Waals surface area contributed by atoms with Gasteiger partial charge in [-0.2, -0.15) is 0 Å². The third kappa shape index (κ3) is 5.61. The maximum Gasteiger partial charge on any atom is 0.233 e. The molecule has 2 rings (SSSR count). The van der Waals surface area contributed by atoms with Gasteiger partial charge >= 0.3 is 0 Å². The monoisotopic (exact) mass is 294 g/mol. The van der Waals surface area contributed by atoms with Crippen molar-refractivity contribution in [2.24, 2.45) is 17.8 Å². The summed E-state index contributed by atoms with van der Waals surface area (Å²) in [5, 5.41) is 6.60. The van der Waals surface area contributed by atoms with Gasteiger partial charge < -0.3 is 10.6 Å². The van der Waals surface area contributed by atoms with Crippen molar-refractivity contribution in [2.75, 3.05) is 13.1 Å². The van der Waals surface area contributed by atoms with Crippen LogP contribution in [0.15, 0.2) is 0 Å². The second kappa shape index (κ2) is 8.77. The third-order valence-corrected chi connectivity index (χ3v) is 5.31. The molecule has 122 valence electrons. The summed E-state index contributed by atoms with van der Waals surface area (Å²) in [6, 6.07) is 0.576. The van der Waals surface area contributed by atoms with Crippen LogP contribution in [0.2, 0.25) is 0 Å². The van der Waals surface area contributed by atoms with Gasteiger partial charge in [-0.05, 0) is 30.6 Å². The zero-order valence-corrected chi connectivity index (χ0v) is 14.0. The molecule has 3 heteroatoms. The molecule has 2 aliphatic carbocycles. The largest absolute Gasteiger partial charge is 0.355 e. The van der Waals surface area contributed by atoms with Gasteiger partial charge in [-0.25, -0.2) is 0 Å². The summed E-state index contributed by atoms with van der Waals surface area (Å²) in [5.74, 6) is 2.42. The Morgan fingerprint density at radius 2 is 1.67 bits per heavy atom. The minimum absolute atomic E-state index is 0.164. The highest BCUT2D eigenvalue weighted by atomic mass is 16.1. The van der Waals surface area contributed by atoms with Gasteiger partial charge in [-0.3, -0.25) is 4.79 Å². The van der Waals surface area contributed by atoms with E-state index >= 15 is 0 Å². The lowest BCUT2D eigenvalue weighted by Crippen LogP contribution is -2.46. The maximum atomic E-state index is 11.9. The van der Waals surface area contributed by atoms with Crippen LogP contribution in [-0.2, 0) is 4.79 Å². The average molecular weight is 294 g/mol. The molecule has 0 heterocycles. The summed E-state index contributed by atoms with van der Waals surface area (Å²) in [4.78, 5) is 11.9. The quantitative estimate of drug-likeness (QED) is 0.787. The molecule has 0 aromatic heterocycles. The zero-order chi connectivity index (χ0) is 15.1. The molecule has 0 aromatic carbocycles. The van der Waals surface area contributed by atoms with E-state index in [1.54, 1.807) is 0 Å². The van der Waals surface area contributed by atoms with Crippen LogP contribution in [0, 0.1) is 17.8 Å². The molecule has 0 aromatic rings. The van der Waals surface area contributed by atoms with Gasteiger partial charge in [0.1, 0.15) is 0 Å². The summed E-state index contributed by atoms with van der Waals surface area (Å²) >= 11 is 0. The van der Waals surface area contributed by atoms with Gasteiger partial charge in [-0.15, -0.1) is 0 Å². The zero-order valence-electron chi connectivity index (χ0n) is 14.0. The lowest BCUT2D eigenvalue weighted by atomic mass is 9.71. The normalized spacial score (nSPS) is 27.8. The van der Waals surface area contributed by atoms with Crippen molar-refractivity contribution in [3.63, 3.8) is 0 Å². The second-order valence-corrected chi connectivity index (χ2v) is 7.53. The van der Waals surface area contributed by atoms with E-state index in [1.807, 2.05) is 0 Å². The van der Waals surface area contributed by atoms with E-state index in [0.29, 0.717) is 18.5 Å². The minimum atomic E-state index is 0.164. The summed E-state index contributed by atoms with van der Waals surface area (Å²) in [6.07, 6.45) is 12.5. The highest BCUT2D eigenvalue weighted by Crippen LogP contribution is 2.38. The fraction of sp³-hybridized carbons (Fsp3) is 0.944. The van der Waals surface area contributed by atoms with E-state index in [1.165, 1.54) is 57.8 Å². The predicted molar refractivity (Wildman–Crippen MR) is 88.2 cm³/mol. The van der Waals surface area contributed by atoms with Crippen LogP contribution in [0.1, 0.15) is 71.6 Å². The van der Waals surface area contributed by atoms with Gasteiger partial charge in [0.15, 0.2) is 0 Å². The molecule has 0 saturated heterocycles. The van der Waals surface area contributed by atoms with E-state index < -0.39 is 0 Å². The first kappa shape index (κ1) is 16.8. The number of hydrogen-bond acceptors (Lipinski definition) is 2. The molecule has 2 fully saturated rings. The van der Waals surface area contributed by atoms with Crippen molar-refractivity contribution in [3.8, 4) is 0 Å². The van der Waals surface area contributed by atoms with Crippen molar-refractivity contribution in [1.82, 2.24) is 10.6 Å². The third-order valence-electron chi connectivity index (χ3n) is 5.31. The van der Waals surface area contributed by atoms with Crippen LogP contribution in [0.3, 0.4) is 0 Å². The number of amides is 1. The molecule has 21 heavy (non-hydrogen) atoms. The first-order chi connectivity index (χ1) is 10.2. The van der Waals surface area contributed by atoms with Crippen LogP contribution in [0.25, 0.3) is 0 Å². The first-order valence-electron chi connectivity index (χ1n) is 9.17. The summed E-state index contributed by atoms with van der Waals surface area (Å²) < 4.78 is 0. The molecule has 2 N–H and O–H groups in total. The van der Waals surface area contributed by atoms with Crippen LogP contribution >= 0.6 is 0 Å². The SMILES string of the molecule is CC(C)CNC(=O)CNC1CCCCC1C1CCCCC1. The Balaban J connectivity index is 1.77.